The quantitative estimate of drug-likeness (QED) is 0.484. The van der Waals surface area contributed by atoms with E-state index in [9.17, 15) is 9.18 Å². The lowest BCUT2D eigenvalue weighted by atomic mass is 9.97. The topological polar surface area (TPSA) is 33.2 Å². The third-order valence-electron chi connectivity index (χ3n) is 5.46. The number of aromatic nitrogens is 1. The van der Waals surface area contributed by atoms with Crippen LogP contribution >= 0.6 is 0 Å². The highest BCUT2D eigenvalue weighted by molar-refractivity contribution is 6.04. The van der Waals surface area contributed by atoms with Gasteiger partial charge in [-0.2, -0.15) is 0 Å². The number of benzene rings is 3. The third-order valence-corrected chi connectivity index (χ3v) is 5.46. The monoisotopic (exact) mass is 382 g/mol. The van der Waals surface area contributed by atoms with Crippen molar-refractivity contribution in [1.29, 1.82) is 0 Å². The average Bonchev–Trinajstić information content (AvgIpc) is 3.08. The van der Waals surface area contributed by atoms with Crippen molar-refractivity contribution in [2.24, 2.45) is 0 Å². The van der Waals surface area contributed by atoms with Crippen molar-refractivity contribution in [3.63, 3.8) is 0 Å². The Morgan fingerprint density at radius 1 is 0.897 bits per heavy atom. The molecule has 0 spiro atoms. The van der Waals surface area contributed by atoms with Gasteiger partial charge in [-0.15, -0.1) is 0 Å². The van der Waals surface area contributed by atoms with Gasteiger partial charge in [0.2, 0.25) is 0 Å². The number of pyridine rings is 1. The molecule has 0 atom stereocenters. The second-order valence-electron chi connectivity index (χ2n) is 7.32. The first-order valence-corrected chi connectivity index (χ1v) is 9.71. The first-order valence-electron chi connectivity index (χ1n) is 9.71. The predicted octanol–water partition coefficient (Wildman–Crippen LogP) is 5.24. The molecule has 1 aliphatic heterocycles. The zero-order valence-corrected chi connectivity index (χ0v) is 15.8. The molecule has 0 fully saturated rings. The summed E-state index contributed by atoms with van der Waals surface area (Å²) >= 11 is 0. The fourth-order valence-corrected chi connectivity index (χ4v) is 3.97. The zero-order valence-electron chi connectivity index (χ0n) is 15.8. The van der Waals surface area contributed by atoms with Crippen LogP contribution in [0.5, 0.6) is 0 Å². The van der Waals surface area contributed by atoms with Crippen molar-refractivity contribution in [3.8, 4) is 11.1 Å². The maximum Gasteiger partial charge on any atom is 0.255 e. The van der Waals surface area contributed by atoms with E-state index in [4.69, 9.17) is 4.98 Å². The van der Waals surface area contributed by atoms with Gasteiger partial charge in [0.15, 0.2) is 0 Å². The molecule has 0 unspecified atom stereocenters. The molecule has 0 radical (unpaired) electrons. The summed E-state index contributed by atoms with van der Waals surface area (Å²) in [6, 6.07) is 24.3. The molecule has 5 rings (SSSR count). The number of halogens is 1. The number of nitrogens with zero attached hydrogens (tertiary/aromatic N) is 2. The maximum atomic E-state index is 13.3. The molecule has 1 amide bonds. The van der Waals surface area contributed by atoms with Crippen molar-refractivity contribution in [1.82, 2.24) is 9.88 Å². The molecule has 0 N–H and O–H groups in total. The van der Waals surface area contributed by atoms with Crippen LogP contribution in [-0.4, -0.2) is 22.3 Å². The van der Waals surface area contributed by atoms with Crippen LogP contribution < -0.4 is 0 Å². The average molecular weight is 382 g/mol. The van der Waals surface area contributed by atoms with Gasteiger partial charge in [0, 0.05) is 30.6 Å². The fourth-order valence-electron chi connectivity index (χ4n) is 3.97. The summed E-state index contributed by atoms with van der Waals surface area (Å²) in [4.78, 5) is 19.7. The van der Waals surface area contributed by atoms with Crippen LogP contribution in [-0.2, 0) is 13.0 Å². The molecule has 0 saturated heterocycles. The molecular weight excluding hydrogens is 363 g/mol. The van der Waals surface area contributed by atoms with E-state index in [-0.39, 0.29) is 11.7 Å². The van der Waals surface area contributed by atoms with Crippen LogP contribution in [0.2, 0.25) is 0 Å². The summed E-state index contributed by atoms with van der Waals surface area (Å²) < 4.78 is 13.3. The van der Waals surface area contributed by atoms with Crippen molar-refractivity contribution in [3.05, 3.63) is 102 Å². The van der Waals surface area contributed by atoms with E-state index in [0.29, 0.717) is 19.5 Å². The minimum absolute atomic E-state index is 0.0284. The minimum Gasteiger partial charge on any atom is -0.334 e. The van der Waals surface area contributed by atoms with Crippen LogP contribution in [0, 0.1) is 5.82 Å². The second kappa shape index (κ2) is 7.13. The number of hydrogen-bond donors (Lipinski definition) is 0. The molecule has 1 aliphatic rings. The van der Waals surface area contributed by atoms with Gasteiger partial charge in [-0.1, -0.05) is 54.6 Å². The van der Waals surface area contributed by atoms with Gasteiger partial charge in [-0.25, -0.2) is 4.39 Å². The molecule has 142 valence electrons. The van der Waals surface area contributed by atoms with E-state index in [1.165, 1.54) is 12.1 Å². The molecule has 0 saturated carbocycles. The highest BCUT2D eigenvalue weighted by Gasteiger charge is 2.29. The van der Waals surface area contributed by atoms with Gasteiger partial charge >= 0.3 is 0 Å². The van der Waals surface area contributed by atoms with E-state index >= 15 is 0 Å². The molecule has 2 heterocycles. The number of fused-ring (bicyclic) bond motifs is 2. The Balaban J connectivity index is 1.38. The standard InChI is InChI=1S/C25H19FN2O/c26-20-11-8-17(9-12-20)22-6-3-5-19-16-28(25(29)24(19)22)15-14-21-13-10-18-4-1-2-7-23(18)27-21/h1-13H,14-16H2. The van der Waals surface area contributed by atoms with Gasteiger partial charge in [0.05, 0.1) is 11.1 Å². The van der Waals surface area contributed by atoms with Crippen LogP contribution in [0.4, 0.5) is 4.39 Å². The minimum atomic E-state index is -0.280. The van der Waals surface area contributed by atoms with Crippen LogP contribution in [0.25, 0.3) is 22.0 Å². The molecule has 0 bridgehead atoms. The third kappa shape index (κ3) is 3.27. The fraction of sp³-hybridized carbons (Fsp3) is 0.120. The Kier molecular flexibility index (Phi) is 4.32. The Hall–Kier alpha value is -3.53. The van der Waals surface area contributed by atoms with E-state index in [0.717, 1.165) is 38.9 Å². The van der Waals surface area contributed by atoms with E-state index < -0.39 is 0 Å². The van der Waals surface area contributed by atoms with Crippen molar-refractivity contribution >= 4 is 16.8 Å². The Morgan fingerprint density at radius 3 is 2.59 bits per heavy atom. The molecule has 0 aliphatic carbocycles. The Bertz CT molecular complexity index is 1220. The SMILES string of the molecule is O=C1c2c(cccc2-c2ccc(F)cc2)CN1CCc1ccc2ccccc2n1. The van der Waals surface area contributed by atoms with E-state index in [1.54, 1.807) is 12.1 Å². The summed E-state index contributed by atoms with van der Waals surface area (Å²) in [7, 11) is 0. The summed E-state index contributed by atoms with van der Waals surface area (Å²) in [6.07, 6.45) is 0.705. The van der Waals surface area contributed by atoms with Crippen LogP contribution in [0.3, 0.4) is 0 Å². The lowest BCUT2D eigenvalue weighted by Crippen LogP contribution is -2.26. The molecule has 4 heteroatoms. The van der Waals surface area contributed by atoms with Crippen molar-refractivity contribution in [2.45, 2.75) is 13.0 Å². The van der Waals surface area contributed by atoms with Gasteiger partial charge in [0.1, 0.15) is 5.82 Å². The first-order chi connectivity index (χ1) is 14.2. The number of carbonyl (C=O) groups excluding carboxylic acids is 1. The number of rotatable bonds is 4. The molecular formula is C25H19FN2O. The first kappa shape index (κ1) is 17.6. The summed E-state index contributed by atoms with van der Waals surface area (Å²) in [5, 5.41) is 1.12. The van der Waals surface area contributed by atoms with Gasteiger partial charge in [0.25, 0.3) is 5.91 Å². The lowest BCUT2D eigenvalue weighted by molar-refractivity contribution is 0.0780. The Labute approximate surface area is 168 Å². The smallest absolute Gasteiger partial charge is 0.255 e. The molecule has 3 nitrogen and oxygen atoms in total. The maximum absolute atomic E-state index is 13.3. The van der Waals surface area contributed by atoms with Crippen LogP contribution in [0.1, 0.15) is 21.6 Å². The van der Waals surface area contributed by atoms with Crippen LogP contribution in [0.15, 0.2) is 78.9 Å². The normalized spacial score (nSPS) is 13.1. The molecule has 3 aromatic carbocycles. The number of carbonyl (C=O) groups is 1. The van der Waals surface area contributed by atoms with Crippen molar-refractivity contribution < 1.29 is 9.18 Å². The van der Waals surface area contributed by atoms with Gasteiger partial charge in [-0.05, 0) is 41.0 Å². The molecule has 4 aromatic rings. The van der Waals surface area contributed by atoms with E-state index in [2.05, 4.69) is 6.07 Å². The summed E-state index contributed by atoms with van der Waals surface area (Å²) in [5.74, 6) is -0.252. The number of amides is 1. The highest BCUT2D eigenvalue weighted by Crippen LogP contribution is 2.32. The lowest BCUT2D eigenvalue weighted by Gasteiger charge is -2.15. The number of hydrogen-bond acceptors (Lipinski definition) is 2. The van der Waals surface area contributed by atoms with Gasteiger partial charge in [-0.3, -0.25) is 9.78 Å². The molecule has 1 aromatic heterocycles. The largest absolute Gasteiger partial charge is 0.334 e. The van der Waals surface area contributed by atoms with Gasteiger partial charge < -0.3 is 4.90 Å². The van der Waals surface area contributed by atoms with Crippen molar-refractivity contribution in [2.75, 3.05) is 6.54 Å². The molecule has 29 heavy (non-hydrogen) atoms. The highest BCUT2D eigenvalue weighted by atomic mass is 19.1. The summed E-state index contributed by atoms with van der Waals surface area (Å²) in [6.45, 7) is 1.21. The second-order valence-corrected chi connectivity index (χ2v) is 7.32. The van der Waals surface area contributed by atoms with E-state index in [1.807, 2.05) is 53.4 Å². The zero-order chi connectivity index (χ0) is 19.8. The Morgan fingerprint density at radius 2 is 1.72 bits per heavy atom. The number of para-hydroxylation sites is 1. The predicted molar refractivity (Wildman–Crippen MR) is 112 cm³/mol. The summed E-state index contributed by atoms with van der Waals surface area (Å²) in [5.41, 5.74) is 5.41.